The molecule has 0 aliphatic heterocycles. The number of nitrogens with zero attached hydrogens (tertiary/aromatic N) is 2. The summed E-state index contributed by atoms with van der Waals surface area (Å²) in [7, 11) is -3.48. The SMILES string of the molecule is CC(C)(O)c1nc(CCO)c(S(=N)(=O)NC#N)s1. The van der Waals surface area contributed by atoms with Crippen LogP contribution in [0.5, 0.6) is 0 Å². The summed E-state index contributed by atoms with van der Waals surface area (Å²) in [6.07, 6.45) is 1.58. The van der Waals surface area contributed by atoms with Crippen LogP contribution in [0, 0.1) is 16.2 Å². The average molecular weight is 290 g/mol. The highest BCUT2D eigenvalue weighted by Gasteiger charge is 2.27. The van der Waals surface area contributed by atoms with Gasteiger partial charge in [-0.3, -0.25) is 0 Å². The number of hydrogen-bond donors (Lipinski definition) is 4. The molecule has 1 unspecified atom stereocenters. The van der Waals surface area contributed by atoms with Gasteiger partial charge in [-0.2, -0.15) is 5.26 Å². The molecule has 1 heterocycles. The van der Waals surface area contributed by atoms with Gasteiger partial charge in [0.1, 0.15) is 14.8 Å². The van der Waals surface area contributed by atoms with Gasteiger partial charge < -0.3 is 10.2 Å². The monoisotopic (exact) mass is 290 g/mol. The number of nitriles is 1. The van der Waals surface area contributed by atoms with Gasteiger partial charge in [-0.15, -0.1) is 11.3 Å². The Hall–Kier alpha value is -1.21. The second kappa shape index (κ2) is 5.19. The van der Waals surface area contributed by atoms with Crippen LogP contribution in [0.2, 0.25) is 0 Å². The van der Waals surface area contributed by atoms with Crippen molar-refractivity contribution in [3.05, 3.63) is 10.7 Å². The lowest BCUT2D eigenvalue weighted by Crippen LogP contribution is -2.17. The molecule has 0 saturated heterocycles. The van der Waals surface area contributed by atoms with E-state index in [1.165, 1.54) is 20.0 Å². The Labute approximate surface area is 109 Å². The molecule has 1 aromatic rings. The van der Waals surface area contributed by atoms with E-state index in [9.17, 15) is 9.32 Å². The summed E-state index contributed by atoms with van der Waals surface area (Å²) in [6, 6.07) is 0. The van der Waals surface area contributed by atoms with E-state index in [-0.39, 0.29) is 22.9 Å². The Morgan fingerprint density at radius 3 is 2.72 bits per heavy atom. The van der Waals surface area contributed by atoms with Crippen molar-refractivity contribution in [3.63, 3.8) is 0 Å². The maximum Gasteiger partial charge on any atom is 0.190 e. The summed E-state index contributed by atoms with van der Waals surface area (Å²) in [5, 5.41) is 27.5. The van der Waals surface area contributed by atoms with Crippen LogP contribution in [-0.4, -0.2) is 26.0 Å². The molecule has 7 nitrogen and oxygen atoms in total. The molecule has 100 valence electrons. The van der Waals surface area contributed by atoms with Gasteiger partial charge in [-0.25, -0.2) is 18.7 Å². The molecule has 0 aliphatic rings. The van der Waals surface area contributed by atoms with Gasteiger partial charge in [-0.1, -0.05) is 0 Å². The third-order valence-corrected chi connectivity index (χ3v) is 5.28. The van der Waals surface area contributed by atoms with Crippen LogP contribution in [-0.2, 0) is 21.9 Å². The smallest absolute Gasteiger partial charge is 0.190 e. The van der Waals surface area contributed by atoms with E-state index in [2.05, 4.69) is 4.98 Å². The third-order valence-electron chi connectivity index (χ3n) is 1.98. The van der Waals surface area contributed by atoms with Crippen molar-refractivity contribution in [1.29, 1.82) is 10.0 Å². The van der Waals surface area contributed by atoms with E-state index in [0.717, 1.165) is 11.3 Å². The van der Waals surface area contributed by atoms with Gasteiger partial charge in [0.25, 0.3) is 0 Å². The number of aliphatic hydroxyl groups excluding tert-OH is 1. The molecule has 0 spiro atoms. The predicted molar refractivity (Wildman–Crippen MR) is 66.0 cm³/mol. The predicted octanol–water partition coefficient (Wildman–Crippen LogP) is 0.297. The van der Waals surface area contributed by atoms with Crippen molar-refractivity contribution in [2.45, 2.75) is 30.1 Å². The Morgan fingerprint density at radius 1 is 1.67 bits per heavy atom. The van der Waals surface area contributed by atoms with Crippen molar-refractivity contribution in [3.8, 4) is 6.19 Å². The second-order valence-corrected chi connectivity index (χ2v) is 7.04. The zero-order valence-corrected chi connectivity index (χ0v) is 11.6. The van der Waals surface area contributed by atoms with E-state index in [1.54, 1.807) is 0 Å². The van der Waals surface area contributed by atoms with Crippen LogP contribution in [0.4, 0.5) is 0 Å². The number of nitrogens with one attached hydrogen (secondary N) is 2. The van der Waals surface area contributed by atoms with Gasteiger partial charge in [-0.05, 0) is 13.8 Å². The molecule has 0 aliphatic carbocycles. The van der Waals surface area contributed by atoms with Crippen molar-refractivity contribution in [2.75, 3.05) is 6.61 Å². The van der Waals surface area contributed by atoms with Gasteiger partial charge in [0.2, 0.25) is 0 Å². The third kappa shape index (κ3) is 3.17. The fourth-order valence-electron chi connectivity index (χ4n) is 1.20. The van der Waals surface area contributed by atoms with E-state index in [4.69, 9.17) is 15.1 Å². The molecular formula is C9H14N4O3S2. The zero-order valence-electron chi connectivity index (χ0n) is 9.93. The molecule has 1 aromatic heterocycles. The first kappa shape index (κ1) is 14.8. The molecule has 0 radical (unpaired) electrons. The molecule has 0 amide bonds. The lowest BCUT2D eigenvalue weighted by Gasteiger charge is -2.12. The van der Waals surface area contributed by atoms with Gasteiger partial charge >= 0.3 is 0 Å². The summed E-state index contributed by atoms with van der Waals surface area (Å²) >= 11 is 0.904. The summed E-state index contributed by atoms with van der Waals surface area (Å²) in [6.45, 7) is 2.81. The van der Waals surface area contributed by atoms with Crippen LogP contribution in [0.1, 0.15) is 24.5 Å². The molecule has 9 heteroatoms. The summed E-state index contributed by atoms with van der Waals surface area (Å²) in [5.41, 5.74) is -0.961. The van der Waals surface area contributed by atoms with Crippen molar-refractivity contribution < 1.29 is 14.4 Å². The van der Waals surface area contributed by atoms with Crippen LogP contribution in [0.3, 0.4) is 0 Å². The van der Waals surface area contributed by atoms with Crippen LogP contribution < -0.4 is 4.72 Å². The maximum atomic E-state index is 12.0. The lowest BCUT2D eigenvalue weighted by atomic mass is 10.1. The normalized spacial score (nSPS) is 14.8. The molecule has 1 rings (SSSR count). The Balaban J connectivity index is 3.35. The molecule has 1 atom stereocenters. The van der Waals surface area contributed by atoms with E-state index in [0.29, 0.717) is 5.01 Å². The first-order valence-electron chi connectivity index (χ1n) is 5.00. The highest BCUT2D eigenvalue weighted by Crippen LogP contribution is 2.31. The minimum absolute atomic E-state index is 0.0650. The Kier molecular flexibility index (Phi) is 4.28. The Bertz CT molecular complexity index is 566. The first-order chi connectivity index (χ1) is 8.22. The number of hydrogen-bond acceptors (Lipinski definition) is 7. The molecule has 0 saturated carbocycles. The largest absolute Gasteiger partial charge is 0.396 e. The highest BCUT2D eigenvalue weighted by molar-refractivity contribution is 7.92. The number of aromatic nitrogens is 1. The van der Waals surface area contributed by atoms with Crippen molar-refractivity contribution in [2.24, 2.45) is 0 Å². The summed E-state index contributed by atoms with van der Waals surface area (Å²) in [5.74, 6) is 0. The van der Waals surface area contributed by atoms with E-state index >= 15 is 0 Å². The van der Waals surface area contributed by atoms with Crippen LogP contribution in [0.25, 0.3) is 0 Å². The maximum absolute atomic E-state index is 12.0. The minimum Gasteiger partial charge on any atom is -0.396 e. The van der Waals surface area contributed by atoms with Gasteiger partial charge in [0.05, 0.1) is 5.69 Å². The molecule has 18 heavy (non-hydrogen) atoms. The molecular weight excluding hydrogens is 276 g/mol. The highest BCUT2D eigenvalue weighted by atomic mass is 32.2. The molecule has 0 bridgehead atoms. The molecule has 4 N–H and O–H groups in total. The average Bonchev–Trinajstić information content (AvgIpc) is 2.62. The van der Waals surface area contributed by atoms with Crippen LogP contribution in [0.15, 0.2) is 4.21 Å². The fourth-order valence-corrected chi connectivity index (χ4v) is 3.58. The summed E-state index contributed by atoms with van der Waals surface area (Å²) < 4.78 is 21.5. The summed E-state index contributed by atoms with van der Waals surface area (Å²) in [4.78, 5) is 4.08. The lowest BCUT2D eigenvalue weighted by molar-refractivity contribution is 0.0780. The quantitative estimate of drug-likeness (QED) is 0.457. The van der Waals surface area contributed by atoms with Crippen molar-refractivity contribution in [1.82, 2.24) is 9.71 Å². The second-order valence-electron chi connectivity index (χ2n) is 4.06. The number of thiazole rings is 1. The number of rotatable bonds is 5. The van der Waals surface area contributed by atoms with E-state index < -0.39 is 15.5 Å². The molecule has 0 fully saturated rings. The van der Waals surface area contributed by atoms with Crippen molar-refractivity contribution >= 4 is 21.3 Å². The zero-order chi connectivity index (χ0) is 14.0. The van der Waals surface area contributed by atoms with Crippen LogP contribution >= 0.6 is 11.3 Å². The first-order valence-corrected chi connectivity index (χ1v) is 7.38. The fraction of sp³-hybridized carbons (Fsp3) is 0.556. The Morgan fingerprint density at radius 2 is 2.28 bits per heavy atom. The minimum atomic E-state index is -3.48. The topological polar surface area (TPSA) is 130 Å². The van der Waals surface area contributed by atoms with E-state index in [1.807, 2.05) is 4.72 Å². The standard InChI is InChI=1S/C9H14N4O3S2/c1-9(2,15)8-13-6(3-4-14)7(17-8)18(11,16)12-5-10/h14-15H,3-4H2,1-2H3,(H2,11,12,16). The van der Waals surface area contributed by atoms with Gasteiger partial charge in [0, 0.05) is 13.0 Å². The number of aliphatic hydroxyl groups is 2. The van der Waals surface area contributed by atoms with Gasteiger partial charge in [0.15, 0.2) is 16.1 Å². The molecule has 0 aromatic carbocycles.